The lowest BCUT2D eigenvalue weighted by molar-refractivity contribution is 0.0554. The Hall–Kier alpha value is -2.88. The molecule has 0 aliphatic carbocycles. The molecule has 0 aliphatic heterocycles. The number of ether oxygens (including phenoxy) is 3. The van der Waals surface area contributed by atoms with E-state index in [9.17, 15) is 9.59 Å². The molecule has 0 saturated carbocycles. The van der Waals surface area contributed by atoms with Crippen LogP contribution in [-0.4, -0.2) is 47.7 Å². The number of esters is 1. The molecule has 0 atom stereocenters. The van der Waals surface area contributed by atoms with Gasteiger partial charge in [0, 0.05) is 0 Å². The molecule has 10 heteroatoms. The van der Waals surface area contributed by atoms with Gasteiger partial charge in [0.2, 0.25) is 17.3 Å². The Morgan fingerprint density at radius 1 is 1.08 bits per heavy atom. The second-order valence-electron chi connectivity index (χ2n) is 4.31. The van der Waals surface area contributed by atoms with Crippen LogP contribution in [0.15, 0.2) is 46.5 Å². The monoisotopic (exact) mass is 428 g/mol. The largest absolute Gasteiger partial charge is 0.471 e. The van der Waals surface area contributed by atoms with E-state index in [0.717, 1.165) is 0 Å². The van der Waals surface area contributed by atoms with Gasteiger partial charge in [-0.05, 0) is 10.3 Å². The van der Waals surface area contributed by atoms with E-state index in [0.29, 0.717) is 19.1 Å². The summed E-state index contributed by atoms with van der Waals surface area (Å²) in [6.45, 7) is 7.59. The number of nitrogens with zero attached hydrogens (tertiary/aromatic N) is 2. The molecule has 0 bridgehead atoms. The number of aromatic nitrogens is 2. The Bertz CT molecular complexity index is 676. The van der Waals surface area contributed by atoms with Gasteiger partial charge < -0.3 is 23.3 Å². The highest BCUT2D eigenvalue weighted by Gasteiger charge is 2.13. The van der Waals surface area contributed by atoms with Gasteiger partial charge in [0.15, 0.2) is 0 Å². The molecule has 0 saturated heterocycles. The summed E-state index contributed by atoms with van der Waals surface area (Å²) in [7, 11) is 1.26. The minimum atomic E-state index is -0.582. The second kappa shape index (κ2) is 11.6. The molecular formula is C16H17BrN2O7. The second-order valence-corrected chi connectivity index (χ2v) is 4.87. The molecule has 2 rings (SSSR count). The van der Waals surface area contributed by atoms with Gasteiger partial charge >= 0.3 is 5.97 Å². The van der Waals surface area contributed by atoms with E-state index >= 15 is 0 Å². The van der Waals surface area contributed by atoms with Crippen LogP contribution in [0.25, 0.3) is 0 Å². The van der Waals surface area contributed by atoms with Crippen molar-refractivity contribution in [2.45, 2.75) is 0 Å². The first-order valence-electron chi connectivity index (χ1n) is 7.14. The third-order valence-electron chi connectivity index (χ3n) is 2.46. The Labute approximate surface area is 157 Å². The summed E-state index contributed by atoms with van der Waals surface area (Å²) in [5, 5.41) is 7.22. The van der Waals surface area contributed by atoms with Gasteiger partial charge in [-0.2, -0.15) is 0 Å². The summed E-state index contributed by atoms with van der Waals surface area (Å²) in [5.41, 5.74) is 0. The molecule has 0 aliphatic rings. The first-order valence-corrected chi connectivity index (χ1v) is 8.26. The lowest BCUT2D eigenvalue weighted by Crippen LogP contribution is -1.98. The van der Waals surface area contributed by atoms with E-state index in [1.807, 2.05) is 0 Å². The fraction of sp³-hybridized carbons (Fsp3) is 0.250. The maximum atomic E-state index is 11.0. The highest BCUT2D eigenvalue weighted by molar-refractivity contribution is 9.09. The number of alkyl halides is 1. The number of hydrogen-bond donors (Lipinski definition) is 0. The van der Waals surface area contributed by atoms with Gasteiger partial charge in [-0.1, -0.05) is 41.2 Å². The number of rotatable bonds is 9. The number of carbonyl (C=O) groups excluding carboxylic acids is 2. The Morgan fingerprint density at radius 3 is 2.04 bits per heavy atom. The zero-order valence-corrected chi connectivity index (χ0v) is 15.6. The molecule has 0 N–H and O–H groups in total. The molecule has 2 aromatic rings. The number of halogens is 1. The van der Waals surface area contributed by atoms with Gasteiger partial charge in [0.25, 0.3) is 11.8 Å². The molecule has 0 unspecified atom stereocenters. The molecule has 2 aromatic heterocycles. The summed E-state index contributed by atoms with van der Waals surface area (Å²) < 4.78 is 23.8. The maximum Gasteiger partial charge on any atom is 0.377 e. The SMILES string of the molecule is C=CCOc1cc(C(=O)CBr)on1.C=CCOc1cc(C(=O)OC)on1. The van der Waals surface area contributed by atoms with Crippen molar-refractivity contribution in [2.75, 3.05) is 25.7 Å². The van der Waals surface area contributed by atoms with Crippen molar-refractivity contribution in [3.05, 3.63) is 49.0 Å². The molecule has 0 amide bonds. The smallest absolute Gasteiger partial charge is 0.377 e. The van der Waals surface area contributed by atoms with Gasteiger partial charge in [0.05, 0.1) is 24.6 Å². The van der Waals surface area contributed by atoms with Crippen LogP contribution in [-0.2, 0) is 4.74 Å². The fourth-order valence-corrected chi connectivity index (χ4v) is 1.61. The quantitative estimate of drug-likeness (QED) is 0.257. The normalized spacial score (nSPS) is 9.46. The lowest BCUT2D eigenvalue weighted by atomic mass is 10.3. The third kappa shape index (κ3) is 6.93. The minimum absolute atomic E-state index is 0.0153. The van der Waals surface area contributed by atoms with E-state index in [4.69, 9.17) is 14.0 Å². The molecule has 140 valence electrons. The summed E-state index contributed by atoms with van der Waals surface area (Å²) >= 11 is 3.02. The topological polar surface area (TPSA) is 114 Å². The van der Waals surface area contributed by atoms with E-state index in [2.05, 4.69) is 48.7 Å². The van der Waals surface area contributed by atoms with E-state index < -0.39 is 5.97 Å². The van der Waals surface area contributed by atoms with Crippen LogP contribution in [0.5, 0.6) is 11.8 Å². The molecule has 0 aromatic carbocycles. The van der Waals surface area contributed by atoms with Crippen LogP contribution >= 0.6 is 15.9 Å². The lowest BCUT2D eigenvalue weighted by Gasteiger charge is -1.92. The van der Waals surface area contributed by atoms with E-state index in [1.54, 1.807) is 12.2 Å². The van der Waals surface area contributed by atoms with Crippen molar-refractivity contribution in [1.82, 2.24) is 10.3 Å². The summed E-state index contributed by atoms with van der Waals surface area (Å²) in [5.74, 6) is -0.0103. The minimum Gasteiger partial charge on any atom is -0.471 e. The first-order chi connectivity index (χ1) is 12.5. The number of hydrogen-bond acceptors (Lipinski definition) is 9. The van der Waals surface area contributed by atoms with E-state index in [1.165, 1.54) is 19.2 Å². The van der Waals surface area contributed by atoms with Gasteiger partial charge in [-0.3, -0.25) is 4.79 Å². The van der Waals surface area contributed by atoms with Gasteiger partial charge in [0.1, 0.15) is 13.2 Å². The number of carbonyl (C=O) groups is 2. The Morgan fingerprint density at radius 2 is 1.58 bits per heavy atom. The van der Waals surface area contributed by atoms with Crippen molar-refractivity contribution >= 4 is 27.7 Å². The predicted octanol–water partition coefficient (Wildman–Crippen LogP) is 2.84. The van der Waals surface area contributed by atoms with Crippen LogP contribution in [0, 0.1) is 0 Å². The average Bonchev–Trinajstić information content (AvgIpc) is 3.33. The molecular weight excluding hydrogens is 412 g/mol. The fourth-order valence-electron chi connectivity index (χ4n) is 1.34. The first kappa shape index (κ1) is 21.2. The van der Waals surface area contributed by atoms with Crippen LogP contribution in [0.1, 0.15) is 21.1 Å². The van der Waals surface area contributed by atoms with Gasteiger partial charge in [-0.25, -0.2) is 4.79 Å². The zero-order chi connectivity index (χ0) is 19.4. The summed E-state index contributed by atoms with van der Waals surface area (Å²) in [6.07, 6.45) is 3.15. The highest BCUT2D eigenvalue weighted by Crippen LogP contribution is 2.13. The van der Waals surface area contributed by atoms with Crippen LogP contribution in [0.3, 0.4) is 0 Å². The average molecular weight is 429 g/mol. The van der Waals surface area contributed by atoms with Crippen molar-refractivity contribution in [3.63, 3.8) is 0 Å². The highest BCUT2D eigenvalue weighted by atomic mass is 79.9. The summed E-state index contributed by atoms with van der Waals surface area (Å²) in [6, 6.07) is 2.81. The van der Waals surface area contributed by atoms with Crippen molar-refractivity contribution < 1.29 is 32.8 Å². The number of ketones is 1. The number of methoxy groups -OCH3 is 1. The van der Waals surface area contributed by atoms with Crippen molar-refractivity contribution in [3.8, 4) is 11.8 Å². The maximum absolute atomic E-state index is 11.0. The standard InChI is InChI=1S/C8H8BrNO3.C8H9NO4/c1-2-3-12-8-4-7(13-10-8)6(11)5-9;1-3-4-12-7-5-6(13-9-7)8(10)11-2/h2,4H,1,3,5H2;3,5H,1,4H2,2H3. The molecule has 26 heavy (non-hydrogen) atoms. The molecule has 0 spiro atoms. The van der Waals surface area contributed by atoms with Crippen molar-refractivity contribution in [2.24, 2.45) is 0 Å². The molecule has 0 radical (unpaired) electrons. The zero-order valence-electron chi connectivity index (χ0n) is 14.0. The van der Waals surface area contributed by atoms with Crippen LogP contribution in [0.2, 0.25) is 0 Å². The van der Waals surface area contributed by atoms with Gasteiger partial charge in [-0.15, -0.1) is 0 Å². The Balaban J connectivity index is 0.000000260. The summed E-state index contributed by atoms with van der Waals surface area (Å²) in [4.78, 5) is 21.9. The van der Waals surface area contributed by atoms with Crippen LogP contribution < -0.4 is 9.47 Å². The van der Waals surface area contributed by atoms with E-state index in [-0.39, 0.29) is 28.5 Å². The molecule has 0 fully saturated rings. The number of Topliss-reactive ketones (excluding diaryl/α,β-unsaturated/α-hetero) is 1. The molecule has 9 nitrogen and oxygen atoms in total. The van der Waals surface area contributed by atoms with Crippen LogP contribution in [0.4, 0.5) is 0 Å². The Kier molecular flexibility index (Phi) is 9.47. The molecule has 2 heterocycles. The predicted molar refractivity (Wildman–Crippen MR) is 93.9 cm³/mol. The third-order valence-corrected chi connectivity index (χ3v) is 2.97. The van der Waals surface area contributed by atoms with Crippen molar-refractivity contribution in [1.29, 1.82) is 0 Å².